The monoisotopic (exact) mass is 499 g/mol. The highest BCUT2D eigenvalue weighted by atomic mass is 19.2. The highest BCUT2D eigenvalue weighted by Crippen LogP contribution is 2.38. The molecule has 1 aliphatic heterocycles. The number of halogens is 4. The maximum atomic E-state index is 14.9. The lowest BCUT2D eigenvalue weighted by Gasteiger charge is -2.31. The van der Waals surface area contributed by atoms with Gasteiger partial charge < -0.3 is 14.4 Å². The van der Waals surface area contributed by atoms with Crippen molar-refractivity contribution in [3.63, 3.8) is 0 Å². The molecule has 5 rings (SSSR count). The van der Waals surface area contributed by atoms with Gasteiger partial charge in [-0.05, 0) is 55.7 Å². The van der Waals surface area contributed by atoms with Gasteiger partial charge in [-0.1, -0.05) is 0 Å². The van der Waals surface area contributed by atoms with Gasteiger partial charge >= 0.3 is 0 Å². The third kappa shape index (κ3) is 4.05. The molecule has 2 aromatic heterocycles. The van der Waals surface area contributed by atoms with E-state index in [0.717, 1.165) is 17.8 Å². The van der Waals surface area contributed by atoms with Crippen LogP contribution in [0.25, 0.3) is 17.8 Å². The average Bonchev–Trinajstić information content (AvgIpc) is 3.48. The molecule has 0 unspecified atom stereocenters. The van der Waals surface area contributed by atoms with Crippen LogP contribution in [0.1, 0.15) is 41.3 Å². The minimum atomic E-state index is -1.87. The Labute approximate surface area is 203 Å². The zero-order chi connectivity index (χ0) is 25.6. The van der Waals surface area contributed by atoms with Crippen LogP contribution >= 0.6 is 0 Å². The number of aliphatic hydroxyl groups is 1. The van der Waals surface area contributed by atoms with E-state index in [4.69, 9.17) is 4.74 Å². The Morgan fingerprint density at radius 2 is 1.81 bits per heavy atom. The summed E-state index contributed by atoms with van der Waals surface area (Å²) in [7, 11) is 1.47. The van der Waals surface area contributed by atoms with Crippen molar-refractivity contribution in [1.29, 1.82) is 0 Å². The van der Waals surface area contributed by atoms with E-state index in [-0.39, 0.29) is 29.2 Å². The lowest BCUT2D eigenvalue weighted by Crippen LogP contribution is -2.36. The fraction of sp³-hybridized carbons (Fsp3) is 0.240. The number of imidazole rings is 1. The van der Waals surface area contributed by atoms with E-state index in [1.165, 1.54) is 36.1 Å². The topological polar surface area (TPSA) is 78.0 Å². The largest absolute Gasteiger partial charge is 0.495 e. The molecule has 0 amide bonds. The van der Waals surface area contributed by atoms with Crippen molar-refractivity contribution < 1.29 is 27.4 Å². The van der Waals surface area contributed by atoms with Gasteiger partial charge in [0.2, 0.25) is 0 Å². The molecule has 36 heavy (non-hydrogen) atoms. The molecule has 2 aromatic carbocycles. The summed E-state index contributed by atoms with van der Waals surface area (Å²) in [5.74, 6) is -4.33. The van der Waals surface area contributed by atoms with Gasteiger partial charge in [0, 0.05) is 24.4 Å². The number of methoxy groups -OCH3 is 1. The van der Waals surface area contributed by atoms with Crippen LogP contribution in [0.4, 0.5) is 17.6 Å². The van der Waals surface area contributed by atoms with Gasteiger partial charge in [0.1, 0.15) is 17.2 Å². The highest BCUT2D eigenvalue weighted by molar-refractivity contribution is 5.69. The van der Waals surface area contributed by atoms with Crippen LogP contribution in [0.5, 0.6) is 5.75 Å². The van der Waals surface area contributed by atoms with E-state index in [1.807, 2.05) is 6.92 Å². The van der Waals surface area contributed by atoms with E-state index >= 15 is 0 Å². The number of nitrogens with zero attached hydrogens (tertiary/aromatic N) is 5. The van der Waals surface area contributed by atoms with Gasteiger partial charge in [-0.3, -0.25) is 0 Å². The maximum Gasteiger partial charge on any atom is 0.194 e. The summed E-state index contributed by atoms with van der Waals surface area (Å²) < 4.78 is 64.6. The van der Waals surface area contributed by atoms with Gasteiger partial charge in [-0.2, -0.15) is 5.10 Å². The van der Waals surface area contributed by atoms with Crippen LogP contribution in [-0.4, -0.2) is 36.5 Å². The van der Waals surface area contributed by atoms with E-state index in [9.17, 15) is 22.7 Å². The number of ether oxygens (including phenoxy) is 1. The lowest BCUT2D eigenvalue weighted by molar-refractivity contribution is 0.0387. The molecule has 0 saturated carbocycles. The van der Waals surface area contributed by atoms with E-state index in [2.05, 4.69) is 15.1 Å². The summed E-state index contributed by atoms with van der Waals surface area (Å²) in [6.45, 7) is 2.23. The third-order valence-electron chi connectivity index (χ3n) is 6.13. The first-order chi connectivity index (χ1) is 17.2. The van der Waals surface area contributed by atoms with Crippen LogP contribution in [-0.2, 0) is 12.1 Å². The predicted octanol–water partition coefficient (Wildman–Crippen LogP) is 4.54. The van der Waals surface area contributed by atoms with Crippen molar-refractivity contribution in [3.8, 4) is 11.4 Å². The molecule has 0 spiro atoms. The first kappa shape index (κ1) is 23.7. The minimum absolute atomic E-state index is 0.0580. The summed E-state index contributed by atoms with van der Waals surface area (Å²) >= 11 is 0. The fourth-order valence-corrected chi connectivity index (χ4v) is 4.33. The SMILES string of the molecule is COc1cc(C=Cc2nc3n(n2)CCC[C@]3(O)c2cc(F)c(F)c(F)c2)c(F)cc1-n1cnc(C)c1. The van der Waals surface area contributed by atoms with E-state index < -0.39 is 28.9 Å². The van der Waals surface area contributed by atoms with E-state index in [0.29, 0.717) is 24.4 Å². The normalized spacial score (nSPS) is 17.5. The molecule has 4 aromatic rings. The van der Waals surface area contributed by atoms with Crippen LogP contribution in [0.3, 0.4) is 0 Å². The fourth-order valence-electron chi connectivity index (χ4n) is 4.33. The number of rotatable bonds is 5. The second-order valence-corrected chi connectivity index (χ2v) is 8.54. The predicted molar refractivity (Wildman–Crippen MR) is 122 cm³/mol. The molecule has 7 nitrogen and oxygen atoms in total. The number of hydrogen-bond acceptors (Lipinski definition) is 5. The van der Waals surface area contributed by atoms with Gasteiger partial charge in [-0.25, -0.2) is 32.2 Å². The van der Waals surface area contributed by atoms with Gasteiger partial charge in [0.05, 0.1) is 24.8 Å². The number of benzene rings is 2. The van der Waals surface area contributed by atoms with Crippen LogP contribution < -0.4 is 4.74 Å². The standard InChI is InChI=1S/C25H21F4N5O2/c1-14-12-33(13-30-14)20-11-17(26)15(8-21(20)36-2)4-5-22-31-24-25(35,6-3-7-34(24)32-22)16-9-18(27)23(29)19(28)10-16/h4-5,8-13,35H,3,6-7H2,1-2H3/t25-/m0/s1. The molecule has 1 atom stereocenters. The first-order valence-electron chi connectivity index (χ1n) is 11.1. The molecular weight excluding hydrogens is 478 g/mol. The summed E-state index contributed by atoms with van der Waals surface area (Å²) in [5.41, 5.74) is -0.581. The average molecular weight is 499 g/mol. The van der Waals surface area contributed by atoms with Crippen molar-refractivity contribution >= 4 is 12.2 Å². The summed E-state index contributed by atoms with van der Waals surface area (Å²) in [4.78, 5) is 8.47. The number of hydrogen-bond donors (Lipinski definition) is 1. The van der Waals surface area contributed by atoms with Gasteiger partial charge in [0.15, 0.2) is 29.1 Å². The summed E-state index contributed by atoms with van der Waals surface area (Å²) in [6, 6.07) is 4.35. The van der Waals surface area contributed by atoms with Crippen molar-refractivity contribution in [2.24, 2.45) is 0 Å². The number of aryl methyl sites for hydroxylation is 2. The van der Waals surface area contributed by atoms with Gasteiger partial charge in [0.25, 0.3) is 0 Å². The number of aromatic nitrogens is 5. The molecule has 0 radical (unpaired) electrons. The second kappa shape index (κ2) is 8.90. The van der Waals surface area contributed by atoms with Crippen molar-refractivity contribution in [1.82, 2.24) is 24.3 Å². The third-order valence-corrected chi connectivity index (χ3v) is 6.13. The Balaban J connectivity index is 1.49. The van der Waals surface area contributed by atoms with Crippen molar-refractivity contribution in [2.45, 2.75) is 31.9 Å². The van der Waals surface area contributed by atoms with Gasteiger partial charge in [-0.15, -0.1) is 0 Å². The highest BCUT2D eigenvalue weighted by Gasteiger charge is 2.40. The van der Waals surface area contributed by atoms with Crippen LogP contribution in [0.2, 0.25) is 0 Å². The van der Waals surface area contributed by atoms with Crippen LogP contribution in [0.15, 0.2) is 36.8 Å². The van der Waals surface area contributed by atoms with Crippen molar-refractivity contribution in [2.75, 3.05) is 7.11 Å². The Morgan fingerprint density at radius 1 is 1.06 bits per heavy atom. The molecule has 3 heterocycles. The Bertz CT molecular complexity index is 1470. The molecule has 0 bridgehead atoms. The lowest BCUT2D eigenvalue weighted by atomic mass is 9.86. The quantitative estimate of drug-likeness (QED) is 0.322. The molecule has 0 aliphatic carbocycles. The van der Waals surface area contributed by atoms with Crippen LogP contribution in [0, 0.1) is 30.2 Å². The molecule has 186 valence electrons. The summed E-state index contributed by atoms with van der Waals surface area (Å²) in [6.07, 6.45) is 6.76. The Morgan fingerprint density at radius 3 is 2.47 bits per heavy atom. The second-order valence-electron chi connectivity index (χ2n) is 8.54. The zero-order valence-electron chi connectivity index (χ0n) is 19.3. The number of fused-ring (bicyclic) bond motifs is 1. The molecule has 1 aliphatic rings. The van der Waals surface area contributed by atoms with E-state index in [1.54, 1.807) is 17.1 Å². The Kier molecular flexibility index (Phi) is 5.87. The Hall–Kier alpha value is -3.99. The molecule has 1 N–H and O–H groups in total. The zero-order valence-corrected chi connectivity index (χ0v) is 19.3. The first-order valence-corrected chi connectivity index (χ1v) is 11.1. The molecular formula is C25H21F4N5O2. The smallest absolute Gasteiger partial charge is 0.194 e. The summed E-state index contributed by atoms with van der Waals surface area (Å²) in [5, 5.41) is 15.6. The molecule has 0 saturated heterocycles. The molecule has 0 fully saturated rings. The van der Waals surface area contributed by atoms with Crippen molar-refractivity contribution in [3.05, 3.63) is 88.5 Å². The molecule has 11 heteroatoms. The maximum absolute atomic E-state index is 14.9. The minimum Gasteiger partial charge on any atom is -0.495 e.